The minimum atomic E-state index is 0. The molecule has 2 atom stereocenters. The highest BCUT2D eigenvalue weighted by molar-refractivity contribution is 14.0. The van der Waals surface area contributed by atoms with Gasteiger partial charge < -0.3 is 20.0 Å². The topological polar surface area (TPSA) is 78.6 Å². The Morgan fingerprint density at radius 3 is 2.58 bits per heavy atom. The van der Waals surface area contributed by atoms with Gasteiger partial charge >= 0.3 is 0 Å². The van der Waals surface area contributed by atoms with E-state index in [1.54, 1.807) is 6.26 Å². The summed E-state index contributed by atoms with van der Waals surface area (Å²) in [6.07, 6.45) is 13.5. The molecular formula is C23H35IN6O. The van der Waals surface area contributed by atoms with Crippen molar-refractivity contribution in [1.29, 1.82) is 0 Å². The van der Waals surface area contributed by atoms with Crippen LogP contribution in [0.15, 0.2) is 46.3 Å². The molecule has 3 heterocycles. The van der Waals surface area contributed by atoms with Gasteiger partial charge in [-0.3, -0.25) is 4.99 Å². The highest BCUT2D eigenvalue weighted by atomic mass is 127. The average molecular weight is 538 g/mol. The van der Waals surface area contributed by atoms with Gasteiger partial charge in [0, 0.05) is 50.5 Å². The van der Waals surface area contributed by atoms with E-state index in [0.29, 0.717) is 18.0 Å². The summed E-state index contributed by atoms with van der Waals surface area (Å²) in [5.74, 6) is 3.46. The summed E-state index contributed by atoms with van der Waals surface area (Å²) in [7, 11) is 0. The van der Waals surface area contributed by atoms with Gasteiger partial charge in [-0.05, 0) is 49.8 Å². The molecule has 1 aliphatic heterocycles. The number of hydrogen-bond acceptors (Lipinski definition) is 5. The fraction of sp³-hybridized carbons (Fsp3) is 0.609. The molecule has 2 aliphatic rings. The van der Waals surface area contributed by atoms with Crippen molar-refractivity contribution in [1.82, 2.24) is 20.6 Å². The van der Waals surface area contributed by atoms with Gasteiger partial charge in [0.15, 0.2) is 5.96 Å². The third-order valence-electron chi connectivity index (χ3n) is 6.31. The molecule has 31 heavy (non-hydrogen) atoms. The predicted octanol–water partition coefficient (Wildman–Crippen LogP) is 4.01. The van der Waals surface area contributed by atoms with E-state index in [2.05, 4.69) is 32.4 Å². The van der Waals surface area contributed by atoms with Crippen LogP contribution < -0.4 is 15.5 Å². The minimum absolute atomic E-state index is 0. The van der Waals surface area contributed by atoms with E-state index in [-0.39, 0.29) is 24.0 Å². The van der Waals surface area contributed by atoms with Gasteiger partial charge in [-0.25, -0.2) is 9.97 Å². The van der Waals surface area contributed by atoms with Crippen LogP contribution in [0.5, 0.6) is 0 Å². The van der Waals surface area contributed by atoms with Crippen molar-refractivity contribution in [2.24, 2.45) is 10.9 Å². The van der Waals surface area contributed by atoms with Gasteiger partial charge in [-0.2, -0.15) is 0 Å². The molecule has 0 amide bonds. The monoisotopic (exact) mass is 538 g/mol. The van der Waals surface area contributed by atoms with Crippen LogP contribution in [0.25, 0.3) is 0 Å². The summed E-state index contributed by atoms with van der Waals surface area (Å²) in [5, 5.41) is 7.46. The molecule has 0 aromatic carbocycles. The van der Waals surface area contributed by atoms with Crippen LogP contribution in [0, 0.1) is 5.92 Å². The highest BCUT2D eigenvalue weighted by Gasteiger charge is 2.25. The molecule has 1 aliphatic carbocycles. The lowest BCUT2D eigenvalue weighted by atomic mass is 9.86. The van der Waals surface area contributed by atoms with Crippen molar-refractivity contribution in [3.63, 3.8) is 0 Å². The molecule has 2 fully saturated rings. The van der Waals surface area contributed by atoms with Crippen molar-refractivity contribution < 1.29 is 4.42 Å². The molecule has 170 valence electrons. The summed E-state index contributed by atoms with van der Waals surface area (Å²) in [6, 6.07) is 6.73. The van der Waals surface area contributed by atoms with Crippen molar-refractivity contribution in [3.8, 4) is 0 Å². The Morgan fingerprint density at radius 2 is 1.87 bits per heavy atom. The molecular weight excluding hydrogens is 503 g/mol. The maximum absolute atomic E-state index is 5.46. The van der Waals surface area contributed by atoms with Crippen molar-refractivity contribution in [3.05, 3.63) is 42.6 Å². The number of halogens is 1. The van der Waals surface area contributed by atoms with E-state index < -0.39 is 0 Å². The number of hydrogen-bond donors (Lipinski definition) is 2. The normalized spacial score (nSPS) is 22.6. The molecule has 0 bridgehead atoms. The quantitative estimate of drug-likeness (QED) is 0.329. The highest BCUT2D eigenvalue weighted by Crippen LogP contribution is 2.24. The first-order valence-corrected chi connectivity index (χ1v) is 11.4. The van der Waals surface area contributed by atoms with E-state index in [0.717, 1.165) is 56.6 Å². The van der Waals surface area contributed by atoms with E-state index >= 15 is 0 Å². The Labute approximate surface area is 202 Å². The van der Waals surface area contributed by atoms with Crippen LogP contribution in [0.1, 0.15) is 51.2 Å². The van der Waals surface area contributed by atoms with Crippen LogP contribution in [0.4, 0.5) is 5.95 Å². The Bertz CT molecular complexity index is 777. The number of piperidine rings is 1. The zero-order chi connectivity index (χ0) is 20.6. The number of nitrogens with one attached hydrogen (secondary N) is 2. The molecule has 2 aromatic rings. The minimum Gasteiger partial charge on any atom is -0.469 e. The molecule has 7 nitrogen and oxygen atoms in total. The Kier molecular flexibility index (Phi) is 9.42. The number of furan rings is 1. The Balaban J connectivity index is 0.00000272. The van der Waals surface area contributed by atoms with Gasteiger partial charge in [0.1, 0.15) is 5.76 Å². The molecule has 1 saturated heterocycles. The van der Waals surface area contributed by atoms with Gasteiger partial charge in [0.05, 0.1) is 6.26 Å². The number of aliphatic imine (C=N–C) groups is 1. The van der Waals surface area contributed by atoms with Crippen LogP contribution in [-0.4, -0.2) is 47.6 Å². The molecule has 8 heteroatoms. The standard InChI is InChI=1S/C23H34N6O.HI/c1-18-6-2-3-8-21(18)28-22(24-14-9-20-7-4-17-30-20)27-19-10-15-29(16-11-19)23-25-12-5-13-26-23;/h4-5,7,12-13,17-19,21H,2-3,6,8-11,14-16H2,1H3,(H2,24,27,28);1H. The first-order chi connectivity index (χ1) is 14.8. The molecule has 2 N–H and O–H groups in total. The van der Waals surface area contributed by atoms with E-state index in [4.69, 9.17) is 9.41 Å². The van der Waals surface area contributed by atoms with Gasteiger partial charge in [-0.15, -0.1) is 24.0 Å². The van der Waals surface area contributed by atoms with E-state index in [1.165, 1.54) is 25.7 Å². The zero-order valence-electron chi connectivity index (χ0n) is 18.4. The van der Waals surface area contributed by atoms with Crippen molar-refractivity contribution in [2.45, 2.75) is 64.0 Å². The second-order valence-corrected chi connectivity index (χ2v) is 8.53. The number of nitrogens with zero attached hydrogens (tertiary/aromatic N) is 4. The summed E-state index contributed by atoms with van der Waals surface area (Å²) in [6.45, 7) is 5.00. The maximum atomic E-state index is 5.46. The van der Waals surface area contributed by atoms with Gasteiger partial charge in [-0.1, -0.05) is 19.8 Å². The van der Waals surface area contributed by atoms with Crippen LogP contribution in [0.2, 0.25) is 0 Å². The fourth-order valence-electron chi connectivity index (χ4n) is 4.44. The summed E-state index contributed by atoms with van der Waals surface area (Å²) in [5.41, 5.74) is 0. The predicted molar refractivity (Wildman–Crippen MR) is 135 cm³/mol. The SMILES string of the molecule is CC1CCCCC1NC(=NCCc1ccco1)NC1CCN(c2ncccn2)CC1.I. The van der Waals surface area contributed by atoms with Crippen LogP contribution in [-0.2, 0) is 6.42 Å². The van der Waals surface area contributed by atoms with Crippen molar-refractivity contribution >= 4 is 35.9 Å². The largest absolute Gasteiger partial charge is 0.469 e. The third kappa shape index (κ3) is 7.08. The lowest BCUT2D eigenvalue weighted by Gasteiger charge is -2.35. The molecule has 1 saturated carbocycles. The Hall–Kier alpha value is -1.84. The van der Waals surface area contributed by atoms with Crippen LogP contribution in [0.3, 0.4) is 0 Å². The average Bonchev–Trinajstić information content (AvgIpc) is 3.30. The smallest absolute Gasteiger partial charge is 0.225 e. The van der Waals surface area contributed by atoms with E-state index in [9.17, 15) is 0 Å². The molecule has 2 unspecified atom stereocenters. The Morgan fingerprint density at radius 1 is 1.10 bits per heavy atom. The fourth-order valence-corrected chi connectivity index (χ4v) is 4.44. The van der Waals surface area contributed by atoms with E-state index in [1.807, 2.05) is 30.6 Å². The second-order valence-electron chi connectivity index (χ2n) is 8.53. The summed E-state index contributed by atoms with van der Waals surface area (Å²) < 4.78 is 5.46. The maximum Gasteiger partial charge on any atom is 0.225 e. The number of anilines is 1. The van der Waals surface area contributed by atoms with Gasteiger partial charge in [0.25, 0.3) is 0 Å². The first-order valence-electron chi connectivity index (χ1n) is 11.4. The number of aromatic nitrogens is 2. The third-order valence-corrected chi connectivity index (χ3v) is 6.31. The lowest BCUT2D eigenvalue weighted by molar-refractivity contribution is 0.305. The van der Waals surface area contributed by atoms with Gasteiger partial charge in [0.2, 0.25) is 5.95 Å². The second kappa shape index (κ2) is 12.3. The van der Waals surface area contributed by atoms with Crippen molar-refractivity contribution in [2.75, 3.05) is 24.5 Å². The summed E-state index contributed by atoms with van der Waals surface area (Å²) >= 11 is 0. The first kappa shape index (κ1) is 23.8. The molecule has 0 radical (unpaired) electrons. The number of rotatable bonds is 6. The van der Waals surface area contributed by atoms with Crippen LogP contribution >= 0.6 is 24.0 Å². The summed E-state index contributed by atoms with van der Waals surface area (Å²) in [4.78, 5) is 15.9. The molecule has 0 spiro atoms. The number of guanidine groups is 1. The molecule has 2 aromatic heterocycles. The zero-order valence-corrected chi connectivity index (χ0v) is 20.7. The molecule has 4 rings (SSSR count). The lowest BCUT2D eigenvalue weighted by Crippen LogP contribution is -2.52.